The van der Waals surface area contributed by atoms with E-state index in [4.69, 9.17) is 11.6 Å². The molecule has 0 radical (unpaired) electrons. The molecule has 0 heterocycles. The van der Waals surface area contributed by atoms with E-state index in [1.807, 2.05) is 30.3 Å². The largest absolute Gasteiger partial charge is 0.316 e. The summed E-state index contributed by atoms with van der Waals surface area (Å²) >= 11 is 5.76. The van der Waals surface area contributed by atoms with Gasteiger partial charge in [0.15, 0.2) is 0 Å². The Morgan fingerprint density at radius 1 is 1.00 bits per heavy atom. The maximum absolute atomic E-state index is 12.4. The van der Waals surface area contributed by atoms with Gasteiger partial charge in [-0.3, -0.25) is 14.9 Å². The number of carbonyl (C=O) groups is 1. The minimum Gasteiger partial charge on any atom is -0.316 e. The Kier molecular flexibility index (Phi) is 3.95. The van der Waals surface area contributed by atoms with Crippen LogP contribution in [0.5, 0.6) is 0 Å². The number of benzene rings is 3. The second-order valence-corrected chi connectivity index (χ2v) is 5.37. The van der Waals surface area contributed by atoms with Crippen molar-refractivity contribution in [1.29, 1.82) is 0 Å². The molecule has 3 rings (SSSR count). The predicted molar refractivity (Wildman–Crippen MR) is 90.0 cm³/mol. The Morgan fingerprint density at radius 3 is 2.48 bits per heavy atom. The molecule has 0 aliphatic rings. The normalized spacial score (nSPS) is 10.5. The molecule has 0 aliphatic carbocycles. The van der Waals surface area contributed by atoms with E-state index in [0.717, 1.165) is 10.8 Å². The van der Waals surface area contributed by atoms with Crippen LogP contribution in [0.4, 0.5) is 11.4 Å². The van der Waals surface area contributed by atoms with Crippen molar-refractivity contribution in [3.8, 4) is 0 Å². The van der Waals surface area contributed by atoms with Gasteiger partial charge in [-0.1, -0.05) is 41.9 Å². The SMILES string of the molecule is O=C(Nc1ccc(Cl)cc1[N+](=O)[O-])c1ccc2ccccc2c1. The number of nitro benzene ring substituents is 1. The van der Waals surface area contributed by atoms with Gasteiger partial charge < -0.3 is 5.32 Å². The molecule has 0 saturated carbocycles. The quantitative estimate of drug-likeness (QED) is 0.562. The fourth-order valence-corrected chi connectivity index (χ4v) is 2.45. The Labute approximate surface area is 136 Å². The van der Waals surface area contributed by atoms with E-state index in [-0.39, 0.29) is 16.4 Å². The van der Waals surface area contributed by atoms with Crippen LogP contribution in [0.3, 0.4) is 0 Å². The lowest BCUT2D eigenvalue weighted by atomic mass is 10.1. The summed E-state index contributed by atoms with van der Waals surface area (Å²) in [6, 6.07) is 17.0. The average molecular weight is 327 g/mol. The number of fused-ring (bicyclic) bond motifs is 1. The van der Waals surface area contributed by atoms with Crippen LogP contribution < -0.4 is 5.32 Å². The molecule has 0 saturated heterocycles. The van der Waals surface area contributed by atoms with Crippen molar-refractivity contribution in [3.05, 3.63) is 81.4 Å². The van der Waals surface area contributed by atoms with Gasteiger partial charge in [0.25, 0.3) is 11.6 Å². The molecule has 6 heteroatoms. The molecule has 0 atom stereocenters. The van der Waals surface area contributed by atoms with Gasteiger partial charge in [-0.05, 0) is 35.0 Å². The lowest BCUT2D eigenvalue weighted by Gasteiger charge is -2.07. The lowest BCUT2D eigenvalue weighted by Crippen LogP contribution is -2.13. The van der Waals surface area contributed by atoms with Crippen molar-refractivity contribution in [2.45, 2.75) is 0 Å². The molecule has 114 valence electrons. The summed E-state index contributed by atoms with van der Waals surface area (Å²) in [6.07, 6.45) is 0. The molecule has 0 aromatic heterocycles. The number of nitrogens with zero attached hydrogens (tertiary/aromatic N) is 1. The summed E-state index contributed by atoms with van der Waals surface area (Å²) < 4.78 is 0. The van der Waals surface area contributed by atoms with Gasteiger partial charge in [-0.2, -0.15) is 0 Å². The van der Waals surface area contributed by atoms with Crippen LogP contribution >= 0.6 is 11.6 Å². The van der Waals surface area contributed by atoms with Crippen LogP contribution in [-0.2, 0) is 0 Å². The highest BCUT2D eigenvalue weighted by atomic mass is 35.5. The van der Waals surface area contributed by atoms with E-state index in [1.54, 1.807) is 12.1 Å². The van der Waals surface area contributed by atoms with Crippen LogP contribution in [-0.4, -0.2) is 10.8 Å². The van der Waals surface area contributed by atoms with Crippen LogP contribution in [0.25, 0.3) is 10.8 Å². The zero-order valence-electron chi connectivity index (χ0n) is 11.8. The second-order valence-electron chi connectivity index (χ2n) is 4.93. The standard InChI is InChI=1S/C17H11ClN2O3/c18-14-7-8-15(16(10-14)20(22)23)19-17(21)13-6-5-11-3-1-2-4-12(11)9-13/h1-10H,(H,19,21). The zero-order valence-corrected chi connectivity index (χ0v) is 12.6. The molecular weight excluding hydrogens is 316 g/mol. The summed E-state index contributed by atoms with van der Waals surface area (Å²) in [5.41, 5.74) is 0.289. The number of halogens is 1. The predicted octanol–water partition coefficient (Wildman–Crippen LogP) is 4.65. The first-order valence-electron chi connectivity index (χ1n) is 6.79. The summed E-state index contributed by atoms with van der Waals surface area (Å²) in [5.74, 6) is -0.416. The zero-order chi connectivity index (χ0) is 16.4. The molecule has 0 fully saturated rings. The Balaban J connectivity index is 1.93. The number of hydrogen-bond acceptors (Lipinski definition) is 3. The minimum atomic E-state index is -0.581. The van der Waals surface area contributed by atoms with Gasteiger partial charge in [-0.15, -0.1) is 0 Å². The van der Waals surface area contributed by atoms with E-state index in [1.165, 1.54) is 18.2 Å². The lowest BCUT2D eigenvalue weighted by molar-refractivity contribution is -0.383. The van der Waals surface area contributed by atoms with E-state index in [0.29, 0.717) is 5.56 Å². The van der Waals surface area contributed by atoms with Crippen molar-refractivity contribution >= 4 is 39.7 Å². The van der Waals surface area contributed by atoms with Gasteiger partial charge in [0, 0.05) is 16.7 Å². The summed E-state index contributed by atoms with van der Waals surface area (Å²) in [6.45, 7) is 0. The van der Waals surface area contributed by atoms with Crippen molar-refractivity contribution in [2.24, 2.45) is 0 Å². The highest BCUT2D eigenvalue weighted by molar-refractivity contribution is 6.31. The summed E-state index contributed by atoms with van der Waals surface area (Å²) in [7, 11) is 0. The maximum Gasteiger partial charge on any atom is 0.294 e. The molecule has 0 unspecified atom stereocenters. The number of rotatable bonds is 3. The second kappa shape index (κ2) is 6.06. The van der Waals surface area contributed by atoms with E-state index < -0.39 is 10.8 Å². The monoisotopic (exact) mass is 326 g/mol. The van der Waals surface area contributed by atoms with Crippen molar-refractivity contribution in [3.63, 3.8) is 0 Å². The van der Waals surface area contributed by atoms with Gasteiger partial charge >= 0.3 is 0 Å². The Bertz CT molecular complexity index is 925. The van der Waals surface area contributed by atoms with Crippen molar-refractivity contribution in [2.75, 3.05) is 5.32 Å². The molecular formula is C17H11ClN2O3. The highest BCUT2D eigenvalue weighted by Gasteiger charge is 2.17. The maximum atomic E-state index is 12.4. The summed E-state index contributed by atoms with van der Waals surface area (Å²) in [5, 5.41) is 15.8. The number of nitrogens with one attached hydrogen (secondary N) is 1. The molecule has 0 aliphatic heterocycles. The molecule has 1 amide bonds. The van der Waals surface area contributed by atoms with E-state index >= 15 is 0 Å². The highest BCUT2D eigenvalue weighted by Crippen LogP contribution is 2.28. The first-order valence-corrected chi connectivity index (χ1v) is 7.16. The number of nitro groups is 1. The van der Waals surface area contributed by atoms with E-state index in [2.05, 4.69) is 5.32 Å². The third kappa shape index (κ3) is 3.14. The molecule has 3 aromatic carbocycles. The van der Waals surface area contributed by atoms with Gasteiger partial charge in [-0.25, -0.2) is 0 Å². The molecule has 23 heavy (non-hydrogen) atoms. The third-order valence-corrected chi connectivity index (χ3v) is 3.65. The first kappa shape index (κ1) is 15.0. The smallest absolute Gasteiger partial charge is 0.294 e. The molecule has 5 nitrogen and oxygen atoms in total. The number of carbonyl (C=O) groups excluding carboxylic acids is 1. The Hall–Kier alpha value is -2.92. The third-order valence-electron chi connectivity index (χ3n) is 3.42. The minimum absolute atomic E-state index is 0.109. The topological polar surface area (TPSA) is 72.2 Å². The van der Waals surface area contributed by atoms with E-state index in [9.17, 15) is 14.9 Å². The summed E-state index contributed by atoms with van der Waals surface area (Å²) in [4.78, 5) is 22.8. The van der Waals surface area contributed by atoms with Crippen LogP contribution in [0.15, 0.2) is 60.7 Å². The molecule has 1 N–H and O–H groups in total. The molecule has 3 aromatic rings. The first-order chi connectivity index (χ1) is 11.0. The molecule has 0 spiro atoms. The van der Waals surface area contributed by atoms with Gasteiger partial charge in [0.1, 0.15) is 5.69 Å². The van der Waals surface area contributed by atoms with Crippen molar-refractivity contribution in [1.82, 2.24) is 0 Å². The fraction of sp³-hybridized carbons (Fsp3) is 0. The Morgan fingerprint density at radius 2 is 1.74 bits per heavy atom. The van der Waals surface area contributed by atoms with Crippen LogP contribution in [0.2, 0.25) is 5.02 Å². The van der Waals surface area contributed by atoms with Crippen LogP contribution in [0.1, 0.15) is 10.4 Å². The fourth-order valence-electron chi connectivity index (χ4n) is 2.29. The van der Waals surface area contributed by atoms with Gasteiger partial charge in [0.2, 0.25) is 0 Å². The average Bonchev–Trinajstić information content (AvgIpc) is 2.55. The number of hydrogen-bond donors (Lipinski definition) is 1. The van der Waals surface area contributed by atoms with Crippen molar-refractivity contribution < 1.29 is 9.72 Å². The van der Waals surface area contributed by atoms with Gasteiger partial charge in [0.05, 0.1) is 4.92 Å². The van der Waals surface area contributed by atoms with Crippen LogP contribution in [0, 0.1) is 10.1 Å². The number of anilines is 1. The number of amides is 1. The molecule has 0 bridgehead atoms.